The number of nitrogens with one attached hydrogen (secondary N) is 1. The van der Waals surface area contributed by atoms with Crippen LogP contribution in [0.3, 0.4) is 0 Å². The van der Waals surface area contributed by atoms with Crippen LogP contribution in [0.2, 0.25) is 5.02 Å². The number of aryl methyl sites for hydroxylation is 1. The normalized spacial score (nSPS) is 18.4. The summed E-state index contributed by atoms with van der Waals surface area (Å²) in [6.45, 7) is 7.16. The molecule has 6 heteroatoms. The van der Waals surface area contributed by atoms with E-state index in [-0.39, 0.29) is 5.41 Å². The van der Waals surface area contributed by atoms with Crippen molar-refractivity contribution in [2.24, 2.45) is 12.0 Å². The zero-order valence-electron chi connectivity index (χ0n) is 16.0. The van der Waals surface area contributed by atoms with Gasteiger partial charge in [-0.2, -0.15) is 5.10 Å². The average Bonchev–Trinajstić information content (AvgIpc) is 3.25. The third-order valence-corrected chi connectivity index (χ3v) is 5.52. The molecule has 0 amide bonds. The number of benzene rings is 1. The number of hydrogen-bond acceptors (Lipinski definition) is 2. The van der Waals surface area contributed by atoms with Crippen molar-refractivity contribution in [3.05, 3.63) is 52.8 Å². The fourth-order valence-electron chi connectivity index (χ4n) is 3.61. The summed E-state index contributed by atoms with van der Waals surface area (Å²) in [4.78, 5) is 6.83. The lowest BCUT2D eigenvalue weighted by molar-refractivity contribution is 0.454. The number of aliphatic imine (C=N–C) groups is 1. The molecule has 1 aromatic heterocycles. The quantitative estimate of drug-likeness (QED) is 0.659. The van der Waals surface area contributed by atoms with E-state index in [9.17, 15) is 0 Å². The molecule has 1 N–H and O–H groups in total. The van der Waals surface area contributed by atoms with E-state index in [0.717, 1.165) is 42.6 Å². The summed E-state index contributed by atoms with van der Waals surface area (Å²) in [7, 11) is 3.82. The molecule has 2 heterocycles. The van der Waals surface area contributed by atoms with Crippen molar-refractivity contribution in [1.82, 2.24) is 20.0 Å². The molecule has 5 nitrogen and oxygen atoms in total. The summed E-state index contributed by atoms with van der Waals surface area (Å²) in [5, 5.41) is 8.66. The summed E-state index contributed by atoms with van der Waals surface area (Å²) in [6, 6.07) is 8.06. The van der Waals surface area contributed by atoms with Crippen molar-refractivity contribution in [3.63, 3.8) is 0 Å². The lowest BCUT2D eigenvalue weighted by Crippen LogP contribution is -2.45. The van der Waals surface area contributed by atoms with Gasteiger partial charge in [0.25, 0.3) is 0 Å². The van der Waals surface area contributed by atoms with Gasteiger partial charge in [-0.3, -0.25) is 9.67 Å². The lowest BCUT2D eigenvalue weighted by Gasteiger charge is -2.30. The van der Waals surface area contributed by atoms with Gasteiger partial charge in [0.15, 0.2) is 5.96 Å². The van der Waals surface area contributed by atoms with Gasteiger partial charge in [0.05, 0.1) is 6.20 Å². The number of likely N-dealkylation sites (tertiary alicyclic amines) is 1. The maximum Gasteiger partial charge on any atom is 0.193 e. The van der Waals surface area contributed by atoms with Gasteiger partial charge in [-0.05, 0) is 23.6 Å². The van der Waals surface area contributed by atoms with Crippen molar-refractivity contribution >= 4 is 17.6 Å². The second-order valence-electron chi connectivity index (χ2n) is 7.64. The van der Waals surface area contributed by atoms with Crippen LogP contribution >= 0.6 is 11.6 Å². The number of aromatic nitrogens is 2. The molecular formula is C20H28ClN5. The molecule has 0 spiro atoms. The monoisotopic (exact) mass is 373 g/mol. The predicted octanol–water partition coefficient (Wildman–Crippen LogP) is 3.42. The summed E-state index contributed by atoms with van der Waals surface area (Å²) < 4.78 is 1.87. The minimum Gasteiger partial charge on any atom is -0.355 e. The highest BCUT2D eigenvalue weighted by molar-refractivity contribution is 6.31. The molecule has 26 heavy (non-hydrogen) atoms. The van der Waals surface area contributed by atoms with E-state index in [4.69, 9.17) is 11.6 Å². The van der Waals surface area contributed by atoms with Gasteiger partial charge in [-0.1, -0.05) is 43.6 Å². The first-order valence-electron chi connectivity index (χ1n) is 9.10. The summed E-state index contributed by atoms with van der Waals surface area (Å²) >= 11 is 6.40. The predicted molar refractivity (Wildman–Crippen MR) is 108 cm³/mol. The molecule has 1 aliphatic rings. The highest BCUT2D eigenvalue weighted by Crippen LogP contribution is 2.30. The molecule has 1 aromatic carbocycles. The molecule has 0 aliphatic carbocycles. The van der Waals surface area contributed by atoms with E-state index in [1.165, 1.54) is 5.56 Å². The van der Waals surface area contributed by atoms with E-state index in [1.807, 2.05) is 43.2 Å². The topological polar surface area (TPSA) is 45.5 Å². The number of rotatable bonds is 4. The zero-order chi connectivity index (χ0) is 18.7. The standard InChI is InChI=1S/C20H28ClN5/c1-20(2,17-7-5-6-8-18(17)21)14-23-19(22-3)26-10-9-15(13-26)16-11-24-25(4)12-16/h5-8,11-12,15H,9-10,13-14H2,1-4H3,(H,22,23). The Bertz CT molecular complexity index is 780. The van der Waals surface area contributed by atoms with Crippen LogP contribution < -0.4 is 5.32 Å². The smallest absolute Gasteiger partial charge is 0.193 e. The van der Waals surface area contributed by atoms with Crippen molar-refractivity contribution in [2.45, 2.75) is 31.6 Å². The van der Waals surface area contributed by atoms with Crippen LogP contribution in [-0.4, -0.2) is 47.3 Å². The Labute approximate surface area is 161 Å². The SMILES string of the molecule is CN=C(NCC(C)(C)c1ccccc1Cl)N1CCC(c2cnn(C)c2)C1. The molecule has 1 saturated heterocycles. The van der Waals surface area contributed by atoms with Crippen LogP contribution in [0.5, 0.6) is 0 Å². The first kappa shape index (κ1) is 18.8. The van der Waals surface area contributed by atoms with E-state index in [0.29, 0.717) is 5.92 Å². The molecule has 2 aromatic rings. The van der Waals surface area contributed by atoms with Crippen LogP contribution in [-0.2, 0) is 12.5 Å². The van der Waals surface area contributed by atoms with Gasteiger partial charge < -0.3 is 10.2 Å². The van der Waals surface area contributed by atoms with Gasteiger partial charge in [-0.25, -0.2) is 0 Å². The van der Waals surface area contributed by atoms with Gasteiger partial charge in [0, 0.05) is 56.3 Å². The third kappa shape index (κ3) is 4.04. The Morgan fingerprint density at radius 1 is 1.38 bits per heavy atom. The van der Waals surface area contributed by atoms with Gasteiger partial charge in [0.1, 0.15) is 0 Å². The molecule has 1 unspecified atom stereocenters. The van der Waals surface area contributed by atoms with Crippen molar-refractivity contribution < 1.29 is 0 Å². The Kier molecular flexibility index (Phi) is 5.56. The number of hydrogen-bond donors (Lipinski definition) is 1. The third-order valence-electron chi connectivity index (χ3n) is 5.19. The molecule has 1 aliphatic heterocycles. The van der Waals surface area contributed by atoms with Crippen LogP contribution in [0.15, 0.2) is 41.7 Å². The molecule has 1 atom stereocenters. The molecule has 1 fully saturated rings. The Balaban J connectivity index is 1.63. The minimum absolute atomic E-state index is 0.0865. The van der Waals surface area contributed by atoms with Gasteiger partial charge in [-0.15, -0.1) is 0 Å². The van der Waals surface area contributed by atoms with E-state index >= 15 is 0 Å². The van der Waals surface area contributed by atoms with Crippen molar-refractivity contribution in [2.75, 3.05) is 26.7 Å². The summed E-state index contributed by atoms with van der Waals surface area (Å²) in [5.74, 6) is 1.47. The van der Waals surface area contributed by atoms with Crippen LogP contribution in [0.1, 0.15) is 37.3 Å². The van der Waals surface area contributed by atoms with E-state index < -0.39 is 0 Å². The molecule has 0 saturated carbocycles. The van der Waals surface area contributed by atoms with Gasteiger partial charge >= 0.3 is 0 Å². The molecule has 3 rings (SSSR count). The maximum absolute atomic E-state index is 6.40. The second kappa shape index (κ2) is 7.70. The average molecular weight is 374 g/mol. The number of halogens is 1. The Morgan fingerprint density at radius 2 is 2.15 bits per heavy atom. The number of nitrogens with zero attached hydrogens (tertiary/aromatic N) is 4. The van der Waals surface area contributed by atoms with Crippen LogP contribution in [0.4, 0.5) is 0 Å². The molecule has 0 radical (unpaired) electrons. The fourth-order valence-corrected chi connectivity index (χ4v) is 4.00. The van der Waals surface area contributed by atoms with Crippen molar-refractivity contribution in [3.8, 4) is 0 Å². The summed E-state index contributed by atoms with van der Waals surface area (Å²) in [5.41, 5.74) is 2.37. The maximum atomic E-state index is 6.40. The highest BCUT2D eigenvalue weighted by atomic mass is 35.5. The highest BCUT2D eigenvalue weighted by Gasteiger charge is 2.29. The molecular weight excluding hydrogens is 346 g/mol. The largest absolute Gasteiger partial charge is 0.355 e. The van der Waals surface area contributed by atoms with E-state index in [1.54, 1.807) is 0 Å². The van der Waals surface area contributed by atoms with E-state index in [2.05, 4.69) is 46.4 Å². The second-order valence-corrected chi connectivity index (χ2v) is 8.05. The van der Waals surface area contributed by atoms with Gasteiger partial charge in [0.2, 0.25) is 0 Å². The molecule has 140 valence electrons. The first-order valence-corrected chi connectivity index (χ1v) is 9.47. The summed E-state index contributed by atoms with van der Waals surface area (Å²) in [6.07, 6.45) is 5.22. The fraction of sp³-hybridized carbons (Fsp3) is 0.500. The number of guanidine groups is 1. The zero-order valence-corrected chi connectivity index (χ0v) is 16.8. The Morgan fingerprint density at radius 3 is 2.81 bits per heavy atom. The minimum atomic E-state index is -0.0865. The Hall–Kier alpha value is -2.01. The molecule has 0 bridgehead atoms. The van der Waals surface area contributed by atoms with Crippen LogP contribution in [0.25, 0.3) is 0 Å². The van der Waals surface area contributed by atoms with Crippen LogP contribution in [0, 0.1) is 0 Å². The first-order chi connectivity index (χ1) is 12.4. The van der Waals surface area contributed by atoms with Crippen molar-refractivity contribution in [1.29, 1.82) is 0 Å². The lowest BCUT2D eigenvalue weighted by atomic mass is 9.84.